The molecule has 0 saturated heterocycles. The molecule has 2 aromatic rings. The lowest BCUT2D eigenvalue weighted by molar-refractivity contribution is 0.181. The summed E-state index contributed by atoms with van der Waals surface area (Å²) in [6.45, 7) is 3.35. The lowest BCUT2D eigenvalue weighted by Gasteiger charge is -2.10. The number of methoxy groups -OCH3 is 1. The molecule has 0 aliphatic heterocycles. The van der Waals surface area contributed by atoms with Crippen LogP contribution in [0.3, 0.4) is 0 Å². The summed E-state index contributed by atoms with van der Waals surface area (Å²) in [6.07, 6.45) is 4.53. The van der Waals surface area contributed by atoms with E-state index < -0.39 is 0 Å². The van der Waals surface area contributed by atoms with Crippen molar-refractivity contribution < 1.29 is 4.74 Å². The molecule has 2 aromatic heterocycles. The molecule has 2 heterocycles. The number of anilines is 1. The maximum Gasteiger partial charge on any atom is 0.180 e. The Morgan fingerprint density at radius 3 is 2.89 bits per heavy atom. The molecule has 0 fully saturated rings. The van der Waals surface area contributed by atoms with Crippen LogP contribution in [0.5, 0.6) is 0 Å². The van der Waals surface area contributed by atoms with Gasteiger partial charge in [-0.2, -0.15) is 0 Å². The monoisotopic (exact) mass is 325 g/mol. The maximum atomic E-state index is 5.90. The van der Waals surface area contributed by atoms with Gasteiger partial charge in [0.2, 0.25) is 0 Å². The summed E-state index contributed by atoms with van der Waals surface area (Å²) in [6, 6.07) is 0. The highest BCUT2D eigenvalue weighted by Gasteiger charge is 2.14. The van der Waals surface area contributed by atoms with E-state index in [4.69, 9.17) is 10.5 Å². The van der Waals surface area contributed by atoms with E-state index in [1.807, 2.05) is 4.57 Å². The minimum absolute atomic E-state index is 0.377. The number of ether oxygens (including phenoxy) is 1. The summed E-state index contributed by atoms with van der Waals surface area (Å²) in [5.41, 5.74) is 7.49. The van der Waals surface area contributed by atoms with Crippen molar-refractivity contribution in [2.75, 3.05) is 12.8 Å². The molecule has 0 spiro atoms. The predicted molar refractivity (Wildman–Crippen MR) is 76.4 cm³/mol. The van der Waals surface area contributed by atoms with Crippen molar-refractivity contribution in [3.8, 4) is 11.5 Å². The average Bonchev–Trinajstić information content (AvgIpc) is 2.84. The summed E-state index contributed by atoms with van der Waals surface area (Å²) in [5.74, 6) is 0.972. The Bertz CT molecular complexity index is 569. The second-order valence-electron chi connectivity index (χ2n) is 4.10. The fourth-order valence-corrected chi connectivity index (χ4v) is 2.08. The molecule has 19 heavy (non-hydrogen) atoms. The van der Waals surface area contributed by atoms with Crippen LogP contribution in [0.2, 0.25) is 0 Å². The van der Waals surface area contributed by atoms with Gasteiger partial charge in [0.25, 0.3) is 0 Å². The van der Waals surface area contributed by atoms with E-state index in [-0.39, 0.29) is 0 Å². The zero-order valence-corrected chi connectivity index (χ0v) is 12.5. The second kappa shape index (κ2) is 6.12. The van der Waals surface area contributed by atoms with Crippen molar-refractivity contribution in [2.24, 2.45) is 0 Å². The van der Waals surface area contributed by atoms with E-state index in [0.717, 1.165) is 24.4 Å². The Labute approximate surface area is 120 Å². The number of aryl methyl sites for hydroxylation is 1. The van der Waals surface area contributed by atoms with E-state index in [0.29, 0.717) is 22.7 Å². The van der Waals surface area contributed by atoms with E-state index in [2.05, 4.69) is 37.8 Å². The molecule has 0 radical (unpaired) electrons. The van der Waals surface area contributed by atoms with Gasteiger partial charge < -0.3 is 15.0 Å². The first kappa shape index (κ1) is 14.0. The molecule has 0 amide bonds. The molecular formula is C12H16BrN5O. The number of nitrogens with two attached hydrogens (primary N) is 1. The number of hydrogen-bond acceptors (Lipinski definition) is 5. The van der Waals surface area contributed by atoms with E-state index in [9.17, 15) is 0 Å². The van der Waals surface area contributed by atoms with Gasteiger partial charge in [-0.05, 0) is 22.4 Å². The van der Waals surface area contributed by atoms with Gasteiger partial charge in [-0.25, -0.2) is 15.0 Å². The molecular weight excluding hydrogens is 310 g/mol. The first-order valence-corrected chi connectivity index (χ1v) is 6.78. The van der Waals surface area contributed by atoms with Crippen LogP contribution in [0.1, 0.15) is 19.0 Å². The summed E-state index contributed by atoms with van der Waals surface area (Å²) >= 11 is 3.38. The van der Waals surface area contributed by atoms with Crippen LogP contribution >= 0.6 is 15.9 Å². The van der Waals surface area contributed by atoms with E-state index >= 15 is 0 Å². The van der Waals surface area contributed by atoms with E-state index in [1.165, 1.54) is 0 Å². The molecule has 0 unspecified atom stereocenters. The van der Waals surface area contributed by atoms with Crippen LogP contribution < -0.4 is 5.73 Å². The van der Waals surface area contributed by atoms with Crippen LogP contribution in [0.4, 0.5) is 5.82 Å². The molecule has 7 heteroatoms. The molecule has 2 rings (SSSR count). The highest BCUT2D eigenvalue weighted by Crippen LogP contribution is 2.25. The molecule has 6 nitrogen and oxygen atoms in total. The van der Waals surface area contributed by atoms with Crippen LogP contribution in [-0.2, 0) is 17.9 Å². The maximum absolute atomic E-state index is 5.90. The minimum atomic E-state index is 0.377. The number of halogens is 1. The number of nitrogen functional groups attached to an aromatic ring is 1. The Hall–Kier alpha value is -1.47. The highest BCUT2D eigenvalue weighted by atomic mass is 79.9. The van der Waals surface area contributed by atoms with Gasteiger partial charge >= 0.3 is 0 Å². The van der Waals surface area contributed by atoms with Crippen molar-refractivity contribution >= 4 is 21.7 Å². The summed E-state index contributed by atoms with van der Waals surface area (Å²) < 4.78 is 7.81. The van der Waals surface area contributed by atoms with Gasteiger partial charge in [0.1, 0.15) is 11.5 Å². The fraction of sp³-hybridized carbons (Fsp3) is 0.417. The molecule has 2 N–H and O–H groups in total. The summed E-state index contributed by atoms with van der Waals surface area (Å²) in [4.78, 5) is 12.9. The van der Waals surface area contributed by atoms with Crippen LogP contribution in [0.15, 0.2) is 17.0 Å². The molecule has 0 aromatic carbocycles. The Balaban J connectivity index is 2.47. The van der Waals surface area contributed by atoms with Crippen LogP contribution in [0.25, 0.3) is 11.5 Å². The average molecular weight is 326 g/mol. The Morgan fingerprint density at radius 2 is 2.21 bits per heavy atom. The van der Waals surface area contributed by atoms with Crippen LogP contribution in [0, 0.1) is 0 Å². The van der Waals surface area contributed by atoms with Crippen molar-refractivity contribution in [2.45, 2.75) is 26.5 Å². The lowest BCUT2D eigenvalue weighted by Crippen LogP contribution is -2.06. The van der Waals surface area contributed by atoms with Gasteiger partial charge in [-0.1, -0.05) is 6.92 Å². The van der Waals surface area contributed by atoms with Crippen molar-refractivity contribution in [3.05, 3.63) is 22.7 Å². The standard InChI is InChI=1S/C12H16BrN5O/c1-3-4-18-7-15-5-9(18)12-16-8(6-19-2)10(13)11(14)17-12/h5,7H,3-4,6H2,1-2H3,(H2,14,16,17). The summed E-state index contributed by atoms with van der Waals surface area (Å²) in [5, 5.41) is 0. The van der Waals surface area contributed by atoms with E-state index in [1.54, 1.807) is 19.6 Å². The number of imidazole rings is 1. The third-order valence-electron chi connectivity index (χ3n) is 2.63. The number of aromatic nitrogens is 4. The molecule has 0 atom stereocenters. The molecule has 0 saturated carbocycles. The van der Waals surface area contributed by atoms with Crippen molar-refractivity contribution in [1.82, 2.24) is 19.5 Å². The second-order valence-corrected chi connectivity index (χ2v) is 4.89. The normalized spacial score (nSPS) is 10.9. The number of nitrogens with zero attached hydrogens (tertiary/aromatic N) is 4. The summed E-state index contributed by atoms with van der Waals surface area (Å²) in [7, 11) is 1.62. The van der Waals surface area contributed by atoms with Gasteiger partial charge in [0, 0.05) is 13.7 Å². The molecule has 102 valence electrons. The molecule has 0 aliphatic rings. The highest BCUT2D eigenvalue weighted by molar-refractivity contribution is 9.10. The number of rotatable bonds is 5. The first-order chi connectivity index (χ1) is 9.17. The van der Waals surface area contributed by atoms with Crippen molar-refractivity contribution in [1.29, 1.82) is 0 Å². The zero-order chi connectivity index (χ0) is 13.8. The Morgan fingerprint density at radius 1 is 1.42 bits per heavy atom. The lowest BCUT2D eigenvalue weighted by atomic mass is 10.3. The first-order valence-electron chi connectivity index (χ1n) is 5.98. The van der Waals surface area contributed by atoms with Gasteiger partial charge in [-0.3, -0.25) is 0 Å². The molecule has 0 aliphatic carbocycles. The third-order valence-corrected chi connectivity index (χ3v) is 3.50. The zero-order valence-electron chi connectivity index (χ0n) is 10.9. The SMILES string of the molecule is CCCn1cncc1-c1nc(N)c(Br)c(COC)n1. The quantitative estimate of drug-likeness (QED) is 0.912. The fourth-order valence-electron chi connectivity index (χ4n) is 1.79. The van der Waals surface area contributed by atoms with Crippen LogP contribution in [-0.4, -0.2) is 26.6 Å². The minimum Gasteiger partial charge on any atom is -0.383 e. The number of hydrogen-bond donors (Lipinski definition) is 1. The molecule has 0 bridgehead atoms. The third kappa shape index (κ3) is 2.93. The predicted octanol–water partition coefficient (Wildman–Crippen LogP) is 2.24. The van der Waals surface area contributed by atoms with Gasteiger partial charge in [0.15, 0.2) is 5.82 Å². The van der Waals surface area contributed by atoms with Gasteiger partial charge in [0.05, 0.1) is 29.3 Å². The topological polar surface area (TPSA) is 78.9 Å². The largest absolute Gasteiger partial charge is 0.383 e. The van der Waals surface area contributed by atoms with Crippen molar-refractivity contribution in [3.63, 3.8) is 0 Å². The Kier molecular flexibility index (Phi) is 4.49. The van der Waals surface area contributed by atoms with Gasteiger partial charge in [-0.15, -0.1) is 0 Å². The smallest absolute Gasteiger partial charge is 0.180 e.